The number of rotatable bonds is 3. The van der Waals surface area contributed by atoms with Crippen LogP contribution in [-0.2, 0) is 0 Å². The Labute approximate surface area is 87.3 Å². The van der Waals surface area contributed by atoms with Crippen molar-refractivity contribution in [1.29, 1.82) is 0 Å². The second kappa shape index (κ2) is 4.63. The molecule has 0 aliphatic heterocycles. The Bertz CT molecular complexity index is 275. The van der Waals surface area contributed by atoms with E-state index in [2.05, 4.69) is 15.9 Å². The molecule has 0 radical (unpaired) electrons. The van der Waals surface area contributed by atoms with Crippen molar-refractivity contribution in [2.75, 3.05) is 24.3 Å². The number of anilines is 1. The van der Waals surface area contributed by atoms with Crippen molar-refractivity contribution in [3.05, 3.63) is 29.8 Å². The minimum Gasteiger partial charge on any atom is -0.388 e. The van der Waals surface area contributed by atoms with Gasteiger partial charge in [0.1, 0.15) is 0 Å². The van der Waals surface area contributed by atoms with Gasteiger partial charge in [0.15, 0.2) is 0 Å². The molecule has 0 aromatic heterocycles. The van der Waals surface area contributed by atoms with Gasteiger partial charge in [-0.25, -0.2) is 0 Å². The first-order valence-electron chi connectivity index (χ1n) is 4.16. The van der Waals surface area contributed by atoms with Crippen molar-refractivity contribution < 1.29 is 5.11 Å². The highest BCUT2D eigenvalue weighted by Crippen LogP contribution is 2.20. The molecular formula is C10H14BrNO. The lowest BCUT2D eigenvalue weighted by molar-refractivity contribution is 0.205. The number of aliphatic hydroxyl groups is 1. The van der Waals surface area contributed by atoms with Gasteiger partial charge < -0.3 is 10.0 Å². The van der Waals surface area contributed by atoms with Crippen LogP contribution in [0.4, 0.5) is 5.69 Å². The quantitative estimate of drug-likeness (QED) is 0.824. The van der Waals surface area contributed by atoms with Crippen molar-refractivity contribution in [3.63, 3.8) is 0 Å². The summed E-state index contributed by atoms with van der Waals surface area (Å²) >= 11 is 3.25. The van der Waals surface area contributed by atoms with E-state index in [0.29, 0.717) is 5.33 Å². The van der Waals surface area contributed by atoms with Gasteiger partial charge in [-0.2, -0.15) is 0 Å². The standard InChI is InChI=1S/C10H14BrNO/c1-12(2)9-5-3-4-8(6-9)10(13)7-11/h3-6,10,13H,7H2,1-2H3. The molecule has 1 rings (SSSR count). The fourth-order valence-corrected chi connectivity index (χ4v) is 1.47. The number of nitrogens with zero attached hydrogens (tertiary/aromatic N) is 1. The first-order valence-corrected chi connectivity index (χ1v) is 5.28. The molecule has 1 aromatic carbocycles. The van der Waals surface area contributed by atoms with Crippen LogP contribution < -0.4 is 4.90 Å². The average molecular weight is 244 g/mol. The van der Waals surface area contributed by atoms with Crippen LogP contribution in [0.2, 0.25) is 0 Å². The summed E-state index contributed by atoms with van der Waals surface area (Å²) in [6.45, 7) is 0. The van der Waals surface area contributed by atoms with E-state index in [1.807, 2.05) is 43.3 Å². The van der Waals surface area contributed by atoms with E-state index in [9.17, 15) is 5.11 Å². The maximum atomic E-state index is 9.57. The summed E-state index contributed by atoms with van der Waals surface area (Å²) in [7, 11) is 3.97. The zero-order valence-electron chi connectivity index (χ0n) is 7.87. The molecule has 2 nitrogen and oxygen atoms in total. The van der Waals surface area contributed by atoms with E-state index < -0.39 is 6.10 Å². The number of benzene rings is 1. The molecule has 1 aromatic rings. The van der Waals surface area contributed by atoms with Crippen LogP contribution in [0.15, 0.2) is 24.3 Å². The Morgan fingerprint density at radius 2 is 2.15 bits per heavy atom. The van der Waals surface area contributed by atoms with Gasteiger partial charge in [0.2, 0.25) is 0 Å². The van der Waals surface area contributed by atoms with Gasteiger partial charge in [-0.15, -0.1) is 0 Å². The fraction of sp³-hybridized carbons (Fsp3) is 0.400. The van der Waals surface area contributed by atoms with Crippen LogP contribution in [-0.4, -0.2) is 24.5 Å². The van der Waals surface area contributed by atoms with Crippen LogP contribution in [0.3, 0.4) is 0 Å². The zero-order valence-corrected chi connectivity index (χ0v) is 9.45. The van der Waals surface area contributed by atoms with Gasteiger partial charge in [-0.1, -0.05) is 28.1 Å². The minimum absolute atomic E-state index is 0.417. The Morgan fingerprint density at radius 3 is 2.69 bits per heavy atom. The molecule has 0 heterocycles. The first kappa shape index (κ1) is 10.5. The molecule has 0 spiro atoms. The highest BCUT2D eigenvalue weighted by Gasteiger charge is 2.05. The van der Waals surface area contributed by atoms with E-state index in [4.69, 9.17) is 0 Å². The lowest BCUT2D eigenvalue weighted by Crippen LogP contribution is -2.09. The first-order chi connectivity index (χ1) is 6.15. The Balaban J connectivity index is 2.91. The van der Waals surface area contributed by atoms with Gasteiger partial charge in [0, 0.05) is 25.1 Å². The van der Waals surface area contributed by atoms with Crippen molar-refractivity contribution in [2.24, 2.45) is 0 Å². The van der Waals surface area contributed by atoms with E-state index in [1.165, 1.54) is 0 Å². The fourth-order valence-electron chi connectivity index (χ4n) is 1.10. The van der Waals surface area contributed by atoms with Crippen LogP contribution in [0, 0.1) is 0 Å². The summed E-state index contributed by atoms with van der Waals surface area (Å²) in [6, 6.07) is 7.89. The molecule has 0 saturated carbocycles. The number of alkyl halides is 1. The molecule has 72 valence electrons. The summed E-state index contributed by atoms with van der Waals surface area (Å²) in [5.41, 5.74) is 2.06. The molecule has 1 atom stereocenters. The summed E-state index contributed by atoms with van der Waals surface area (Å²) in [5, 5.41) is 10.1. The highest BCUT2D eigenvalue weighted by molar-refractivity contribution is 9.09. The average Bonchev–Trinajstić information content (AvgIpc) is 2.17. The Hall–Kier alpha value is -0.540. The molecule has 1 unspecified atom stereocenters. The van der Waals surface area contributed by atoms with Crippen molar-refractivity contribution in [1.82, 2.24) is 0 Å². The third-order valence-electron chi connectivity index (χ3n) is 1.92. The van der Waals surface area contributed by atoms with Gasteiger partial charge in [-0.05, 0) is 17.7 Å². The summed E-state index contributed by atoms with van der Waals surface area (Å²) in [5.74, 6) is 0. The molecule has 0 saturated heterocycles. The predicted molar refractivity (Wildman–Crippen MR) is 59.5 cm³/mol. The summed E-state index contributed by atoms with van der Waals surface area (Å²) < 4.78 is 0. The van der Waals surface area contributed by atoms with E-state index in [0.717, 1.165) is 11.3 Å². The maximum Gasteiger partial charge on any atom is 0.0887 e. The second-order valence-electron chi connectivity index (χ2n) is 3.16. The molecule has 0 fully saturated rings. The molecule has 0 amide bonds. The largest absolute Gasteiger partial charge is 0.388 e. The molecule has 0 aliphatic rings. The lowest BCUT2D eigenvalue weighted by atomic mass is 10.1. The number of hydrogen-bond acceptors (Lipinski definition) is 2. The third-order valence-corrected chi connectivity index (χ3v) is 2.53. The molecular weight excluding hydrogens is 230 g/mol. The van der Waals surface area contributed by atoms with Crippen LogP contribution >= 0.6 is 15.9 Å². The summed E-state index contributed by atoms with van der Waals surface area (Å²) in [4.78, 5) is 2.02. The highest BCUT2D eigenvalue weighted by atomic mass is 79.9. The molecule has 0 aliphatic carbocycles. The summed E-state index contributed by atoms with van der Waals surface area (Å²) in [6.07, 6.45) is -0.417. The number of aliphatic hydroxyl groups excluding tert-OH is 1. The normalized spacial score (nSPS) is 12.6. The van der Waals surface area contributed by atoms with Crippen molar-refractivity contribution >= 4 is 21.6 Å². The smallest absolute Gasteiger partial charge is 0.0887 e. The zero-order chi connectivity index (χ0) is 9.84. The van der Waals surface area contributed by atoms with Crippen LogP contribution in [0.1, 0.15) is 11.7 Å². The van der Waals surface area contributed by atoms with Gasteiger partial charge in [-0.3, -0.25) is 0 Å². The van der Waals surface area contributed by atoms with E-state index in [-0.39, 0.29) is 0 Å². The van der Waals surface area contributed by atoms with E-state index in [1.54, 1.807) is 0 Å². The molecule has 13 heavy (non-hydrogen) atoms. The third kappa shape index (κ3) is 2.71. The van der Waals surface area contributed by atoms with Gasteiger partial charge in [0.25, 0.3) is 0 Å². The maximum absolute atomic E-state index is 9.57. The van der Waals surface area contributed by atoms with Gasteiger partial charge >= 0.3 is 0 Å². The van der Waals surface area contributed by atoms with E-state index >= 15 is 0 Å². The number of hydrogen-bond donors (Lipinski definition) is 1. The van der Waals surface area contributed by atoms with Gasteiger partial charge in [0.05, 0.1) is 6.10 Å². The van der Waals surface area contributed by atoms with Crippen molar-refractivity contribution in [2.45, 2.75) is 6.10 Å². The Kier molecular flexibility index (Phi) is 3.75. The molecule has 0 bridgehead atoms. The Morgan fingerprint density at radius 1 is 1.46 bits per heavy atom. The topological polar surface area (TPSA) is 23.5 Å². The van der Waals surface area contributed by atoms with Crippen LogP contribution in [0.25, 0.3) is 0 Å². The minimum atomic E-state index is -0.417. The lowest BCUT2D eigenvalue weighted by Gasteiger charge is -2.15. The van der Waals surface area contributed by atoms with Crippen LogP contribution in [0.5, 0.6) is 0 Å². The SMILES string of the molecule is CN(C)c1cccc(C(O)CBr)c1. The second-order valence-corrected chi connectivity index (χ2v) is 3.81. The van der Waals surface area contributed by atoms with Crippen molar-refractivity contribution in [3.8, 4) is 0 Å². The number of halogens is 1. The molecule has 1 N–H and O–H groups in total. The predicted octanol–water partition coefficient (Wildman–Crippen LogP) is 2.18. The monoisotopic (exact) mass is 243 g/mol. The molecule has 3 heteroatoms.